The second-order valence-corrected chi connectivity index (χ2v) is 7.52. The number of nitrogens with zero attached hydrogens (tertiary/aromatic N) is 1. The zero-order valence-corrected chi connectivity index (χ0v) is 15.7. The van der Waals surface area contributed by atoms with Crippen molar-refractivity contribution in [3.05, 3.63) is 63.7 Å². The minimum Gasteiger partial charge on any atom is -0.486 e. The highest BCUT2D eigenvalue weighted by Gasteiger charge is 2.43. The van der Waals surface area contributed by atoms with Gasteiger partial charge in [-0.15, -0.1) is 0 Å². The lowest BCUT2D eigenvalue weighted by Crippen LogP contribution is -2.45. The summed E-state index contributed by atoms with van der Waals surface area (Å²) in [6.45, 7) is 3.55. The number of nitro benzene ring substituents is 1. The van der Waals surface area contributed by atoms with Gasteiger partial charge in [0.05, 0.1) is 21.9 Å². The predicted octanol–water partition coefficient (Wildman–Crippen LogP) is 3.82. The molecule has 0 fully saturated rings. The van der Waals surface area contributed by atoms with Gasteiger partial charge >= 0.3 is 0 Å². The van der Waals surface area contributed by atoms with Crippen molar-refractivity contribution in [2.45, 2.75) is 30.4 Å². The maximum atomic E-state index is 12.4. The standard InChI is InChI=1S/C18H17BrN2O5/c1-18(2)16(19)15(22)11-8-12(13(21(24)25)9-14(11)26-18)20-17(23)10-6-4-3-5-7-10/h3-9,15-16,22H,1-2H3,(H,20,23). The van der Waals surface area contributed by atoms with Crippen molar-refractivity contribution < 1.29 is 19.6 Å². The fraction of sp³-hybridized carbons (Fsp3) is 0.278. The van der Waals surface area contributed by atoms with E-state index >= 15 is 0 Å². The van der Waals surface area contributed by atoms with Crippen LogP contribution in [0.2, 0.25) is 0 Å². The van der Waals surface area contributed by atoms with E-state index in [-0.39, 0.29) is 17.1 Å². The third-order valence-corrected chi connectivity index (χ3v) is 5.85. The molecule has 1 aliphatic rings. The monoisotopic (exact) mass is 420 g/mol. The Bertz CT molecular complexity index is 869. The van der Waals surface area contributed by atoms with Gasteiger partial charge < -0.3 is 15.2 Å². The zero-order valence-electron chi connectivity index (χ0n) is 14.1. The molecule has 3 rings (SSSR count). The van der Waals surface area contributed by atoms with Crippen LogP contribution in [0.3, 0.4) is 0 Å². The van der Waals surface area contributed by atoms with Gasteiger partial charge in [-0.2, -0.15) is 0 Å². The molecule has 0 bridgehead atoms. The van der Waals surface area contributed by atoms with E-state index in [1.54, 1.807) is 44.2 Å². The number of rotatable bonds is 3. The molecule has 0 radical (unpaired) electrons. The lowest BCUT2D eigenvalue weighted by molar-refractivity contribution is -0.384. The number of amides is 1. The molecular formula is C18H17BrN2O5. The number of benzene rings is 2. The van der Waals surface area contributed by atoms with Crippen LogP contribution >= 0.6 is 15.9 Å². The van der Waals surface area contributed by atoms with Crippen molar-refractivity contribution in [2.24, 2.45) is 0 Å². The average Bonchev–Trinajstić information content (AvgIpc) is 2.60. The molecule has 136 valence electrons. The topological polar surface area (TPSA) is 102 Å². The zero-order chi connectivity index (χ0) is 19.1. The van der Waals surface area contributed by atoms with Gasteiger partial charge in [-0.1, -0.05) is 34.1 Å². The summed E-state index contributed by atoms with van der Waals surface area (Å²) in [5, 5.41) is 24.6. The first-order valence-electron chi connectivity index (χ1n) is 7.90. The lowest BCUT2D eigenvalue weighted by Gasteiger charge is -2.40. The van der Waals surface area contributed by atoms with Crippen LogP contribution in [0.25, 0.3) is 0 Å². The van der Waals surface area contributed by atoms with E-state index in [9.17, 15) is 20.0 Å². The SMILES string of the molecule is CC1(C)Oc2cc([N+](=O)[O-])c(NC(=O)c3ccccc3)cc2C(O)C1Br. The smallest absolute Gasteiger partial charge is 0.296 e. The molecule has 0 aromatic heterocycles. The van der Waals surface area contributed by atoms with E-state index in [0.717, 1.165) is 0 Å². The van der Waals surface area contributed by atoms with Gasteiger partial charge in [0.15, 0.2) is 0 Å². The van der Waals surface area contributed by atoms with Crippen molar-refractivity contribution in [1.82, 2.24) is 0 Å². The number of hydrogen-bond donors (Lipinski definition) is 2. The lowest BCUT2D eigenvalue weighted by atomic mass is 9.91. The first-order chi connectivity index (χ1) is 12.2. The number of ether oxygens (including phenoxy) is 1. The Morgan fingerprint density at radius 2 is 1.96 bits per heavy atom. The van der Waals surface area contributed by atoms with Gasteiger partial charge in [0.25, 0.3) is 11.6 Å². The number of halogens is 1. The van der Waals surface area contributed by atoms with Gasteiger partial charge in [0.1, 0.15) is 17.0 Å². The molecule has 26 heavy (non-hydrogen) atoms. The maximum absolute atomic E-state index is 12.4. The van der Waals surface area contributed by atoms with Crippen molar-refractivity contribution in [2.75, 3.05) is 5.32 Å². The van der Waals surface area contributed by atoms with Crippen LogP contribution in [0, 0.1) is 10.1 Å². The normalized spacial score (nSPS) is 20.6. The summed E-state index contributed by atoms with van der Waals surface area (Å²) in [7, 11) is 0. The summed E-state index contributed by atoms with van der Waals surface area (Å²) in [5.74, 6) is -0.252. The number of aliphatic hydroxyl groups excluding tert-OH is 1. The predicted molar refractivity (Wildman–Crippen MR) is 99.9 cm³/mol. The van der Waals surface area contributed by atoms with E-state index in [1.807, 2.05) is 0 Å². The molecule has 0 saturated carbocycles. The number of anilines is 1. The molecule has 7 nitrogen and oxygen atoms in total. The van der Waals surface area contributed by atoms with Gasteiger partial charge in [-0.3, -0.25) is 14.9 Å². The van der Waals surface area contributed by atoms with E-state index in [4.69, 9.17) is 4.74 Å². The van der Waals surface area contributed by atoms with Gasteiger partial charge in [-0.05, 0) is 32.0 Å². The van der Waals surface area contributed by atoms with Crippen molar-refractivity contribution in [1.29, 1.82) is 0 Å². The van der Waals surface area contributed by atoms with E-state index in [2.05, 4.69) is 21.2 Å². The fourth-order valence-electron chi connectivity index (χ4n) is 2.82. The summed E-state index contributed by atoms with van der Waals surface area (Å²) in [5.41, 5.74) is -0.306. The molecule has 2 atom stereocenters. The Labute approximate surface area is 158 Å². The van der Waals surface area contributed by atoms with Gasteiger partial charge in [-0.25, -0.2) is 0 Å². The largest absolute Gasteiger partial charge is 0.486 e. The molecule has 1 aliphatic heterocycles. The molecule has 2 N–H and O–H groups in total. The Kier molecular flexibility index (Phi) is 4.72. The minimum absolute atomic E-state index is 0.00431. The van der Waals surface area contributed by atoms with E-state index in [0.29, 0.717) is 11.1 Å². The molecule has 8 heteroatoms. The average molecular weight is 421 g/mol. The highest BCUT2D eigenvalue weighted by molar-refractivity contribution is 9.09. The molecule has 0 saturated heterocycles. The Morgan fingerprint density at radius 3 is 2.58 bits per heavy atom. The van der Waals surface area contributed by atoms with Crippen molar-refractivity contribution in [3.63, 3.8) is 0 Å². The number of nitro groups is 1. The molecular weight excluding hydrogens is 404 g/mol. The maximum Gasteiger partial charge on any atom is 0.296 e. The van der Waals surface area contributed by atoms with E-state index < -0.39 is 27.4 Å². The molecule has 0 aliphatic carbocycles. The number of carbonyl (C=O) groups excluding carboxylic acids is 1. The highest BCUT2D eigenvalue weighted by Crippen LogP contribution is 2.46. The molecule has 1 heterocycles. The van der Waals surface area contributed by atoms with Crippen molar-refractivity contribution >= 4 is 33.2 Å². The van der Waals surface area contributed by atoms with Gasteiger partial charge in [0, 0.05) is 11.1 Å². The number of alkyl halides is 1. The Morgan fingerprint density at radius 1 is 1.31 bits per heavy atom. The fourth-order valence-corrected chi connectivity index (χ4v) is 3.20. The van der Waals surface area contributed by atoms with E-state index in [1.165, 1.54) is 12.1 Å². The summed E-state index contributed by atoms with van der Waals surface area (Å²) in [4.78, 5) is 22.8. The molecule has 1 amide bonds. The second-order valence-electron chi connectivity index (χ2n) is 6.54. The van der Waals surface area contributed by atoms with Crippen LogP contribution in [0.4, 0.5) is 11.4 Å². The second kappa shape index (κ2) is 6.69. The first kappa shape index (κ1) is 18.3. The third kappa shape index (κ3) is 3.30. The number of fused-ring (bicyclic) bond motifs is 1. The molecule has 0 spiro atoms. The summed E-state index contributed by atoms with van der Waals surface area (Å²) < 4.78 is 5.81. The van der Waals surface area contributed by atoms with Crippen LogP contribution in [-0.4, -0.2) is 26.4 Å². The summed E-state index contributed by atoms with van der Waals surface area (Å²) in [6.07, 6.45) is -0.943. The number of aliphatic hydroxyl groups is 1. The molecule has 2 aromatic carbocycles. The first-order valence-corrected chi connectivity index (χ1v) is 8.82. The van der Waals surface area contributed by atoms with Crippen LogP contribution in [0.15, 0.2) is 42.5 Å². The minimum atomic E-state index is -0.943. The Balaban J connectivity index is 2.03. The highest BCUT2D eigenvalue weighted by atomic mass is 79.9. The van der Waals surface area contributed by atoms with Crippen molar-refractivity contribution in [3.8, 4) is 5.75 Å². The van der Waals surface area contributed by atoms with Gasteiger partial charge in [0.2, 0.25) is 0 Å². The summed E-state index contributed by atoms with van der Waals surface area (Å²) >= 11 is 3.41. The molecule has 2 unspecified atom stereocenters. The number of nitrogens with one attached hydrogen (secondary N) is 1. The van der Waals surface area contributed by atoms with Crippen LogP contribution < -0.4 is 10.1 Å². The third-order valence-electron chi connectivity index (χ3n) is 4.24. The van der Waals surface area contributed by atoms with Crippen LogP contribution in [0.1, 0.15) is 35.9 Å². The summed E-state index contributed by atoms with van der Waals surface area (Å²) in [6, 6.07) is 11.0. The number of carbonyl (C=O) groups is 1. The Hall–Kier alpha value is -2.45. The van der Waals surface area contributed by atoms with Crippen LogP contribution in [0.5, 0.6) is 5.75 Å². The molecule has 2 aromatic rings. The van der Waals surface area contributed by atoms with Crippen LogP contribution in [-0.2, 0) is 0 Å². The quantitative estimate of drug-likeness (QED) is 0.446. The number of hydrogen-bond acceptors (Lipinski definition) is 5.